The minimum Gasteiger partial charge on any atom is -0.459 e. The summed E-state index contributed by atoms with van der Waals surface area (Å²) in [4.78, 5) is 15.4. The fourth-order valence-electron chi connectivity index (χ4n) is 1.08. The molecule has 0 atom stereocenters. The molecule has 0 bridgehead atoms. The van der Waals surface area contributed by atoms with E-state index in [0.29, 0.717) is 12.3 Å². The van der Waals surface area contributed by atoms with Crippen LogP contribution in [-0.4, -0.2) is 29.8 Å². The van der Waals surface area contributed by atoms with E-state index >= 15 is 0 Å². The lowest BCUT2D eigenvalue weighted by molar-refractivity contribution is -0.0283. The number of nitrogens with two attached hydrogens (primary N) is 1. The van der Waals surface area contributed by atoms with Gasteiger partial charge in [0.25, 0.3) is 0 Å². The van der Waals surface area contributed by atoms with E-state index in [2.05, 4.69) is 4.98 Å². The van der Waals surface area contributed by atoms with Gasteiger partial charge in [-0.2, -0.15) is 0 Å². The molecule has 0 radical (unpaired) electrons. The first-order chi connectivity index (χ1) is 7.88. The number of anilines is 1. The molecule has 0 unspecified atom stereocenters. The number of hydrogen-bond donors (Lipinski definition) is 1. The summed E-state index contributed by atoms with van der Waals surface area (Å²) in [6.45, 7) is 6.40. The van der Waals surface area contributed by atoms with Gasteiger partial charge < -0.3 is 15.2 Å². The number of rotatable bonds is 4. The lowest BCUT2D eigenvalue weighted by Crippen LogP contribution is -2.22. The molecule has 0 spiro atoms. The van der Waals surface area contributed by atoms with E-state index in [9.17, 15) is 4.79 Å². The van der Waals surface area contributed by atoms with E-state index in [1.165, 1.54) is 12.3 Å². The maximum Gasteiger partial charge on any atom is 0.356 e. The van der Waals surface area contributed by atoms with Gasteiger partial charge in [-0.15, -0.1) is 0 Å². The summed E-state index contributed by atoms with van der Waals surface area (Å²) in [7, 11) is 0. The van der Waals surface area contributed by atoms with Gasteiger partial charge in [-0.25, -0.2) is 9.78 Å². The second-order valence-electron chi connectivity index (χ2n) is 4.57. The van der Waals surface area contributed by atoms with E-state index in [1.54, 1.807) is 6.07 Å². The number of nitrogens with zero attached hydrogens (tertiary/aromatic N) is 1. The third kappa shape index (κ3) is 5.31. The van der Waals surface area contributed by atoms with Crippen molar-refractivity contribution in [2.45, 2.75) is 26.4 Å². The quantitative estimate of drug-likeness (QED) is 0.637. The molecule has 0 aromatic carbocycles. The lowest BCUT2D eigenvalue weighted by atomic mass is 10.2. The average molecular weight is 238 g/mol. The molecule has 2 N–H and O–H groups in total. The van der Waals surface area contributed by atoms with E-state index < -0.39 is 5.97 Å². The fraction of sp³-hybridized carbons (Fsp3) is 0.500. The van der Waals surface area contributed by atoms with Crippen LogP contribution in [0.4, 0.5) is 5.69 Å². The number of esters is 1. The highest BCUT2D eigenvalue weighted by atomic mass is 16.6. The van der Waals surface area contributed by atoms with Crippen LogP contribution in [0, 0.1) is 0 Å². The summed E-state index contributed by atoms with van der Waals surface area (Å²) >= 11 is 0. The molecule has 0 aliphatic rings. The minimum absolute atomic E-state index is 0.210. The SMILES string of the molecule is CC(C)(C)OCCOC(=O)c1ccc(N)cn1. The molecule has 0 aliphatic heterocycles. The predicted octanol–water partition coefficient (Wildman–Crippen LogP) is 1.64. The van der Waals surface area contributed by atoms with Crippen molar-refractivity contribution in [3.8, 4) is 0 Å². The Morgan fingerprint density at radius 1 is 1.35 bits per heavy atom. The first-order valence-electron chi connectivity index (χ1n) is 5.41. The molecular formula is C12H18N2O3. The van der Waals surface area contributed by atoms with Gasteiger partial charge in [0.1, 0.15) is 12.3 Å². The van der Waals surface area contributed by atoms with Crippen LogP contribution in [0.3, 0.4) is 0 Å². The number of ether oxygens (including phenoxy) is 2. The van der Waals surface area contributed by atoms with Crippen molar-refractivity contribution in [3.05, 3.63) is 24.0 Å². The standard InChI is InChI=1S/C12H18N2O3/c1-12(2,3)17-7-6-16-11(15)10-5-4-9(13)8-14-10/h4-5,8H,6-7,13H2,1-3H3. The second kappa shape index (κ2) is 5.63. The van der Waals surface area contributed by atoms with Crippen LogP contribution < -0.4 is 5.73 Å². The lowest BCUT2D eigenvalue weighted by Gasteiger charge is -2.19. The first kappa shape index (κ1) is 13.4. The number of aromatic nitrogens is 1. The number of nitrogen functional groups attached to an aromatic ring is 1. The van der Waals surface area contributed by atoms with E-state index in [0.717, 1.165) is 0 Å². The Morgan fingerprint density at radius 2 is 2.06 bits per heavy atom. The average Bonchev–Trinajstić information content (AvgIpc) is 2.24. The number of hydrogen-bond acceptors (Lipinski definition) is 5. The van der Waals surface area contributed by atoms with E-state index in [1.807, 2.05) is 20.8 Å². The highest BCUT2D eigenvalue weighted by molar-refractivity contribution is 5.87. The smallest absolute Gasteiger partial charge is 0.356 e. The third-order valence-electron chi connectivity index (χ3n) is 1.85. The van der Waals surface area contributed by atoms with Crippen LogP contribution in [0.1, 0.15) is 31.3 Å². The van der Waals surface area contributed by atoms with Gasteiger partial charge in [-0.1, -0.05) is 0 Å². The van der Waals surface area contributed by atoms with Crippen LogP contribution in [0.2, 0.25) is 0 Å². The molecular weight excluding hydrogens is 220 g/mol. The fourth-order valence-corrected chi connectivity index (χ4v) is 1.08. The van der Waals surface area contributed by atoms with Crippen molar-refractivity contribution in [1.82, 2.24) is 4.98 Å². The minimum atomic E-state index is -0.470. The molecule has 0 amide bonds. The summed E-state index contributed by atoms with van der Waals surface area (Å²) in [6, 6.07) is 3.14. The summed E-state index contributed by atoms with van der Waals surface area (Å²) in [5.41, 5.74) is 5.99. The molecule has 94 valence electrons. The molecule has 0 aliphatic carbocycles. The van der Waals surface area contributed by atoms with Crippen LogP contribution >= 0.6 is 0 Å². The Hall–Kier alpha value is -1.62. The van der Waals surface area contributed by atoms with Crippen molar-refractivity contribution in [2.24, 2.45) is 0 Å². The molecule has 1 aromatic rings. The summed E-state index contributed by atoms with van der Waals surface area (Å²) in [5.74, 6) is -0.470. The molecule has 17 heavy (non-hydrogen) atoms. The highest BCUT2D eigenvalue weighted by Crippen LogP contribution is 2.06. The van der Waals surface area contributed by atoms with Gasteiger partial charge in [0.15, 0.2) is 0 Å². The van der Waals surface area contributed by atoms with Gasteiger partial charge in [0, 0.05) is 0 Å². The predicted molar refractivity (Wildman–Crippen MR) is 64.6 cm³/mol. The molecule has 1 heterocycles. The summed E-state index contributed by atoms with van der Waals surface area (Å²) in [5, 5.41) is 0. The first-order valence-corrected chi connectivity index (χ1v) is 5.41. The van der Waals surface area contributed by atoms with Crippen molar-refractivity contribution in [1.29, 1.82) is 0 Å². The van der Waals surface area contributed by atoms with Crippen LogP contribution in [0.15, 0.2) is 18.3 Å². The van der Waals surface area contributed by atoms with E-state index in [-0.39, 0.29) is 17.9 Å². The maximum atomic E-state index is 11.5. The molecule has 1 aromatic heterocycles. The zero-order valence-electron chi connectivity index (χ0n) is 10.4. The zero-order chi connectivity index (χ0) is 12.9. The Balaban J connectivity index is 2.33. The van der Waals surface area contributed by atoms with Gasteiger partial charge in [0.2, 0.25) is 0 Å². The molecule has 5 nitrogen and oxygen atoms in total. The van der Waals surface area contributed by atoms with Crippen LogP contribution in [-0.2, 0) is 9.47 Å². The largest absolute Gasteiger partial charge is 0.459 e. The van der Waals surface area contributed by atoms with Crippen molar-refractivity contribution in [3.63, 3.8) is 0 Å². The van der Waals surface area contributed by atoms with Crippen molar-refractivity contribution < 1.29 is 14.3 Å². The Labute approximate surface area is 101 Å². The molecule has 1 rings (SSSR count). The molecule has 5 heteroatoms. The summed E-state index contributed by atoms with van der Waals surface area (Å²) < 4.78 is 10.4. The van der Waals surface area contributed by atoms with Gasteiger partial charge >= 0.3 is 5.97 Å². The van der Waals surface area contributed by atoms with Gasteiger partial charge in [-0.05, 0) is 32.9 Å². The van der Waals surface area contributed by atoms with Gasteiger partial charge in [0.05, 0.1) is 24.1 Å². The Kier molecular flexibility index (Phi) is 4.45. The number of pyridine rings is 1. The topological polar surface area (TPSA) is 74.4 Å². The zero-order valence-corrected chi connectivity index (χ0v) is 10.4. The number of carbonyl (C=O) groups is 1. The van der Waals surface area contributed by atoms with Crippen LogP contribution in [0.5, 0.6) is 0 Å². The summed E-state index contributed by atoms with van der Waals surface area (Å²) in [6.07, 6.45) is 1.42. The molecule has 0 fully saturated rings. The second-order valence-corrected chi connectivity index (χ2v) is 4.57. The highest BCUT2D eigenvalue weighted by Gasteiger charge is 2.11. The van der Waals surface area contributed by atoms with Crippen molar-refractivity contribution in [2.75, 3.05) is 18.9 Å². The van der Waals surface area contributed by atoms with Crippen LogP contribution in [0.25, 0.3) is 0 Å². The monoisotopic (exact) mass is 238 g/mol. The Bertz CT molecular complexity index is 368. The Morgan fingerprint density at radius 3 is 2.59 bits per heavy atom. The van der Waals surface area contributed by atoms with Crippen molar-refractivity contribution >= 4 is 11.7 Å². The third-order valence-corrected chi connectivity index (χ3v) is 1.85. The normalized spacial score (nSPS) is 11.2. The van der Waals surface area contributed by atoms with E-state index in [4.69, 9.17) is 15.2 Å². The molecule has 0 saturated heterocycles. The van der Waals surface area contributed by atoms with Gasteiger partial charge in [-0.3, -0.25) is 0 Å². The maximum absolute atomic E-state index is 11.5. The molecule has 0 saturated carbocycles. The number of carbonyl (C=O) groups excluding carboxylic acids is 1.